The van der Waals surface area contributed by atoms with Crippen molar-refractivity contribution in [1.82, 2.24) is 0 Å². The fourth-order valence-electron chi connectivity index (χ4n) is 2.92. The number of Topliss-reactive ketones (excluding diaryl/α,β-unsaturated/α-hetero) is 1. The smallest absolute Gasteiger partial charge is 0.173 e. The Hall–Kier alpha value is -0.276. The highest BCUT2D eigenvalue weighted by Crippen LogP contribution is 2.24. The fourth-order valence-corrected chi connectivity index (χ4v) is 11.9. The van der Waals surface area contributed by atoms with Gasteiger partial charge in [-0.15, -0.1) is 0 Å². The van der Waals surface area contributed by atoms with E-state index in [-0.39, 0.29) is 5.78 Å². The number of carbonyl (C=O) groups excluding carboxylic acids is 1. The maximum absolute atomic E-state index is 11.4. The monoisotopic (exact) mass is 402 g/mol. The molecule has 0 rings (SSSR count). The van der Waals surface area contributed by atoms with Crippen LogP contribution in [0.5, 0.6) is 0 Å². The van der Waals surface area contributed by atoms with E-state index in [4.69, 9.17) is 13.6 Å². The van der Waals surface area contributed by atoms with Gasteiger partial charge in [-0.1, -0.05) is 26.3 Å². The molecule has 0 unspecified atom stereocenters. The normalized spacial score (nSPS) is 12.4. The highest BCUT2D eigenvalue weighted by molar-refractivity contribution is 6.84. The topological polar surface area (TPSA) is 44.8 Å². The van der Waals surface area contributed by atoms with Crippen LogP contribution in [0.2, 0.25) is 38.3 Å². The van der Waals surface area contributed by atoms with E-state index < -0.39 is 16.6 Å². The molecule has 0 aromatic carbocycles. The molecule has 0 aliphatic heterocycles. The summed E-state index contributed by atoms with van der Waals surface area (Å²) in [6.45, 7) is 19.6. The lowest BCUT2D eigenvalue weighted by atomic mass is 10.1. The Morgan fingerprint density at radius 3 is 1.85 bits per heavy atom. The summed E-state index contributed by atoms with van der Waals surface area (Å²) in [6.07, 6.45) is 4.87. The Morgan fingerprint density at radius 1 is 0.846 bits per heavy atom. The molecule has 0 spiro atoms. The van der Waals surface area contributed by atoms with Crippen LogP contribution in [-0.2, 0) is 18.4 Å². The van der Waals surface area contributed by atoms with E-state index >= 15 is 0 Å². The summed E-state index contributed by atoms with van der Waals surface area (Å²) in [5.41, 5.74) is 0.625. The van der Waals surface area contributed by atoms with Gasteiger partial charge in [0.2, 0.25) is 0 Å². The van der Waals surface area contributed by atoms with Gasteiger partial charge >= 0.3 is 0 Å². The Kier molecular flexibility index (Phi) is 13.7. The first kappa shape index (κ1) is 25.7. The Labute approximate surface area is 163 Å². The molecule has 0 fully saturated rings. The number of unbranched alkanes of at least 4 members (excludes halogenated alkanes) is 1. The summed E-state index contributed by atoms with van der Waals surface area (Å²) in [7, 11) is -3.08. The highest BCUT2D eigenvalue weighted by Gasteiger charge is 2.31. The zero-order valence-electron chi connectivity index (χ0n) is 18.1. The van der Waals surface area contributed by atoms with Crippen molar-refractivity contribution >= 4 is 22.4 Å². The predicted molar refractivity (Wildman–Crippen MR) is 116 cm³/mol. The van der Waals surface area contributed by atoms with E-state index in [1.165, 1.54) is 18.9 Å². The summed E-state index contributed by atoms with van der Waals surface area (Å²) in [5.74, 6) is 0.125. The second kappa shape index (κ2) is 13.8. The average Bonchev–Trinajstić information content (AvgIpc) is 2.53. The molecule has 0 aliphatic rings. The standard InChI is InChI=1S/C20H42O4Si2/c1-8-9-17-25(4,5)24-26(6,7)18-11-14-23-16-15-22-13-10-12-20(21)19(2)3/h2,8-18H2,1,3-7H3. The van der Waals surface area contributed by atoms with Crippen LogP contribution in [0.4, 0.5) is 0 Å². The van der Waals surface area contributed by atoms with Gasteiger partial charge in [0.1, 0.15) is 0 Å². The Bertz CT molecular complexity index is 409. The molecule has 0 saturated carbocycles. The molecular weight excluding hydrogens is 360 g/mol. The third-order valence-corrected chi connectivity index (χ3v) is 11.8. The van der Waals surface area contributed by atoms with Crippen LogP contribution < -0.4 is 0 Å². The van der Waals surface area contributed by atoms with Crippen molar-refractivity contribution in [3.8, 4) is 0 Å². The zero-order valence-corrected chi connectivity index (χ0v) is 20.1. The molecule has 0 radical (unpaired) electrons. The lowest BCUT2D eigenvalue weighted by molar-refractivity contribution is -0.115. The van der Waals surface area contributed by atoms with E-state index in [1.807, 2.05) is 0 Å². The second-order valence-electron chi connectivity index (χ2n) is 8.36. The van der Waals surface area contributed by atoms with Crippen molar-refractivity contribution < 1.29 is 18.4 Å². The number of carbonyl (C=O) groups is 1. The van der Waals surface area contributed by atoms with Crippen LogP contribution in [0.3, 0.4) is 0 Å². The van der Waals surface area contributed by atoms with E-state index in [0.717, 1.165) is 25.5 Å². The van der Waals surface area contributed by atoms with Crippen LogP contribution in [0.1, 0.15) is 46.0 Å². The van der Waals surface area contributed by atoms with Gasteiger partial charge in [-0.2, -0.15) is 0 Å². The van der Waals surface area contributed by atoms with Crippen LogP contribution >= 0.6 is 0 Å². The number of ether oxygens (including phenoxy) is 2. The van der Waals surface area contributed by atoms with Crippen LogP contribution in [0.15, 0.2) is 12.2 Å². The Balaban J connectivity index is 3.64. The first-order chi connectivity index (χ1) is 12.1. The van der Waals surface area contributed by atoms with E-state index in [9.17, 15) is 4.79 Å². The molecule has 26 heavy (non-hydrogen) atoms. The van der Waals surface area contributed by atoms with Gasteiger partial charge in [-0.3, -0.25) is 4.79 Å². The van der Waals surface area contributed by atoms with Crippen molar-refractivity contribution in [1.29, 1.82) is 0 Å². The molecule has 0 atom stereocenters. The number of hydrogen-bond acceptors (Lipinski definition) is 4. The zero-order chi connectivity index (χ0) is 20.1. The molecule has 4 nitrogen and oxygen atoms in total. The summed E-state index contributed by atoms with van der Waals surface area (Å²) in [6, 6.07) is 2.42. The van der Waals surface area contributed by atoms with Crippen LogP contribution in [0.25, 0.3) is 0 Å². The van der Waals surface area contributed by atoms with Gasteiger partial charge in [-0.05, 0) is 63.6 Å². The van der Waals surface area contributed by atoms with Gasteiger partial charge in [0, 0.05) is 19.6 Å². The number of rotatable bonds is 17. The minimum absolute atomic E-state index is 0.125. The largest absolute Gasteiger partial charge is 0.455 e. The second-order valence-corrected chi connectivity index (χ2v) is 17.2. The Morgan fingerprint density at radius 2 is 1.35 bits per heavy atom. The lowest BCUT2D eigenvalue weighted by Gasteiger charge is -2.34. The highest BCUT2D eigenvalue weighted by atomic mass is 28.4. The van der Waals surface area contributed by atoms with E-state index in [2.05, 4.69) is 39.7 Å². The number of ketones is 1. The number of hydrogen-bond donors (Lipinski definition) is 0. The molecule has 6 heteroatoms. The minimum Gasteiger partial charge on any atom is -0.455 e. The summed E-state index contributed by atoms with van der Waals surface area (Å²) >= 11 is 0. The summed E-state index contributed by atoms with van der Waals surface area (Å²) in [5, 5.41) is 0. The first-order valence-electron chi connectivity index (χ1n) is 10.1. The molecule has 0 aromatic rings. The third kappa shape index (κ3) is 14.8. The average molecular weight is 403 g/mol. The molecule has 0 aliphatic carbocycles. The van der Waals surface area contributed by atoms with Gasteiger partial charge in [0.15, 0.2) is 22.4 Å². The molecule has 154 valence electrons. The predicted octanol–water partition coefficient (Wildman–Crippen LogP) is 5.56. The maximum atomic E-state index is 11.4. The molecule has 0 aromatic heterocycles. The van der Waals surface area contributed by atoms with Crippen molar-refractivity contribution in [3.05, 3.63) is 12.2 Å². The summed E-state index contributed by atoms with van der Waals surface area (Å²) in [4.78, 5) is 11.4. The van der Waals surface area contributed by atoms with Gasteiger partial charge in [0.25, 0.3) is 0 Å². The lowest BCUT2D eigenvalue weighted by Crippen LogP contribution is -2.44. The third-order valence-electron chi connectivity index (χ3n) is 4.29. The van der Waals surface area contributed by atoms with E-state index in [1.54, 1.807) is 6.92 Å². The molecule has 0 heterocycles. The van der Waals surface area contributed by atoms with Crippen molar-refractivity contribution in [2.45, 2.75) is 84.2 Å². The van der Waals surface area contributed by atoms with Crippen molar-refractivity contribution in [3.63, 3.8) is 0 Å². The van der Waals surface area contributed by atoms with Crippen LogP contribution in [0, 0.1) is 0 Å². The first-order valence-corrected chi connectivity index (χ1v) is 16.4. The van der Waals surface area contributed by atoms with Crippen molar-refractivity contribution in [2.75, 3.05) is 26.4 Å². The molecular formula is C20H42O4Si2. The van der Waals surface area contributed by atoms with Gasteiger partial charge in [-0.25, -0.2) is 0 Å². The molecule has 0 saturated heterocycles. The number of allylic oxidation sites excluding steroid dienone is 1. The maximum Gasteiger partial charge on any atom is 0.173 e. The van der Waals surface area contributed by atoms with Gasteiger partial charge < -0.3 is 13.6 Å². The quantitative estimate of drug-likeness (QED) is 0.181. The molecule has 0 N–H and O–H groups in total. The summed E-state index contributed by atoms with van der Waals surface area (Å²) < 4.78 is 17.8. The molecule has 0 bridgehead atoms. The fraction of sp³-hybridized carbons (Fsp3) is 0.850. The molecule has 0 amide bonds. The SMILES string of the molecule is C=C(C)C(=O)CCCOCCOCCC[Si](C)(C)O[Si](C)(C)CCCC. The van der Waals surface area contributed by atoms with Crippen LogP contribution in [-0.4, -0.2) is 48.8 Å². The van der Waals surface area contributed by atoms with E-state index in [0.29, 0.717) is 31.8 Å². The minimum atomic E-state index is -1.58. The van der Waals surface area contributed by atoms with Crippen molar-refractivity contribution in [2.24, 2.45) is 0 Å². The van der Waals surface area contributed by atoms with Gasteiger partial charge in [0.05, 0.1) is 13.2 Å².